The zero-order chi connectivity index (χ0) is 11.1. The third-order valence-electron chi connectivity index (χ3n) is 3.15. The summed E-state index contributed by atoms with van der Waals surface area (Å²) in [5, 5.41) is 0. The third kappa shape index (κ3) is 1.96. The summed E-state index contributed by atoms with van der Waals surface area (Å²) in [6, 6.07) is 1.67. The van der Waals surface area contributed by atoms with Crippen LogP contribution in [0.4, 0.5) is 0 Å². The SMILES string of the molecule is CCc1cc(=O)n2c(n1)CC(C)(C)CC2. The molecule has 3 heteroatoms. The number of fused-ring (bicyclic) bond motifs is 1. The minimum atomic E-state index is 0.118. The lowest BCUT2D eigenvalue weighted by atomic mass is 9.83. The second-order valence-electron chi connectivity index (χ2n) is 5.10. The molecular formula is C12H18N2O. The molecule has 0 spiro atoms. The average Bonchev–Trinajstić information content (AvgIpc) is 2.15. The summed E-state index contributed by atoms with van der Waals surface area (Å²) < 4.78 is 1.82. The van der Waals surface area contributed by atoms with Gasteiger partial charge in [-0.25, -0.2) is 4.98 Å². The van der Waals surface area contributed by atoms with Gasteiger partial charge >= 0.3 is 0 Å². The van der Waals surface area contributed by atoms with Crippen LogP contribution in [0.1, 0.15) is 38.7 Å². The van der Waals surface area contributed by atoms with Gasteiger partial charge in [-0.05, 0) is 18.3 Å². The summed E-state index contributed by atoms with van der Waals surface area (Å²) in [5.41, 5.74) is 1.32. The topological polar surface area (TPSA) is 34.9 Å². The fourth-order valence-corrected chi connectivity index (χ4v) is 2.09. The molecule has 3 nitrogen and oxygen atoms in total. The van der Waals surface area contributed by atoms with Crippen molar-refractivity contribution in [1.29, 1.82) is 0 Å². The highest BCUT2D eigenvalue weighted by molar-refractivity contribution is 5.08. The van der Waals surface area contributed by atoms with Crippen molar-refractivity contribution in [3.8, 4) is 0 Å². The van der Waals surface area contributed by atoms with Crippen LogP contribution in [0.25, 0.3) is 0 Å². The maximum atomic E-state index is 11.8. The molecule has 0 atom stereocenters. The minimum absolute atomic E-state index is 0.118. The first-order valence-corrected chi connectivity index (χ1v) is 5.61. The molecule has 0 radical (unpaired) electrons. The molecule has 0 fully saturated rings. The molecule has 0 N–H and O–H groups in total. The van der Waals surface area contributed by atoms with Gasteiger partial charge in [-0.3, -0.25) is 9.36 Å². The minimum Gasteiger partial charge on any atom is -0.297 e. The molecule has 1 aliphatic heterocycles. The summed E-state index contributed by atoms with van der Waals surface area (Å²) in [5.74, 6) is 0.968. The monoisotopic (exact) mass is 206 g/mol. The van der Waals surface area contributed by atoms with Crippen molar-refractivity contribution in [2.75, 3.05) is 0 Å². The van der Waals surface area contributed by atoms with Gasteiger partial charge in [0.05, 0.1) is 0 Å². The van der Waals surface area contributed by atoms with Gasteiger partial charge in [-0.1, -0.05) is 20.8 Å². The van der Waals surface area contributed by atoms with Crippen molar-refractivity contribution in [3.05, 3.63) is 27.9 Å². The number of nitrogens with zero attached hydrogens (tertiary/aromatic N) is 2. The molecule has 0 bridgehead atoms. The second kappa shape index (κ2) is 3.47. The molecule has 15 heavy (non-hydrogen) atoms. The maximum Gasteiger partial charge on any atom is 0.253 e. The van der Waals surface area contributed by atoms with E-state index in [1.54, 1.807) is 6.07 Å². The summed E-state index contributed by atoms with van der Waals surface area (Å²) in [6.45, 7) is 7.33. The van der Waals surface area contributed by atoms with E-state index in [1.807, 2.05) is 11.5 Å². The highest BCUT2D eigenvalue weighted by Gasteiger charge is 2.26. The van der Waals surface area contributed by atoms with Crippen LogP contribution in [-0.2, 0) is 19.4 Å². The molecule has 1 aromatic rings. The van der Waals surface area contributed by atoms with Gasteiger partial charge in [0.2, 0.25) is 0 Å². The Bertz CT molecular complexity index is 432. The van der Waals surface area contributed by atoms with Crippen LogP contribution < -0.4 is 5.56 Å². The molecule has 1 aliphatic rings. The number of rotatable bonds is 1. The van der Waals surface area contributed by atoms with Gasteiger partial charge in [0.25, 0.3) is 5.56 Å². The lowest BCUT2D eigenvalue weighted by Crippen LogP contribution is -2.35. The highest BCUT2D eigenvalue weighted by Crippen LogP contribution is 2.29. The van der Waals surface area contributed by atoms with Crippen molar-refractivity contribution in [2.24, 2.45) is 5.41 Å². The number of aryl methyl sites for hydroxylation is 1. The summed E-state index contributed by atoms with van der Waals surface area (Å²) in [7, 11) is 0. The Morgan fingerprint density at radius 2 is 2.27 bits per heavy atom. The standard InChI is InChI=1S/C12H18N2O/c1-4-9-7-11(15)14-6-5-12(2,3)8-10(14)13-9/h7H,4-6,8H2,1-3H3. The van der Waals surface area contributed by atoms with E-state index in [-0.39, 0.29) is 11.0 Å². The van der Waals surface area contributed by atoms with Gasteiger partial charge in [0.1, 0.15) is 5.82 Å². The Kier molecular flexibility index (Phi) is 2.41. The van der Waals surface area contributed by atoms with Gasteiger partial charge in [0.15, 0.2) is 0 Å². The van der Waals surface area contributed by atoms with Crippen LogP contribution in [0.2, 0.25) is 0 Å². The fourth-order valence-electron chi connectivity index (χ4n) is 2.09. The zero-order valence-corrected chi connectivity index (χ0v) is 9.71. The predicted molar refractivity (Wildman–Crippen MR) is 60.0 cm³/mol. The molecule has 0 unspecified atom stereocenters. The van der Waals surface area contributed by atoms with Crippen molar-refractivity contribution >= 4 is 0 Å². The average molecular weight is 206 g/mol. The first kappa shape index (κ1) is 10.4. The molecule has 0 saturated carbocycles. The number of aromatic nitrogens is 2. The third-order valence-corrected chi connectivity index (χ3v) is 3.15. The Balaban J connectivity index is 2.49. The normalized spacial score (nSPS) is 18.6. The number of hydrogen-bond acceptors (Lipinski definition) is 2. The van der Waals surface area contributed by atoms with Gasteiger partial charge < -0.3 is 0 Å². The molecule has 0 aliphatic carbocycles. The summed E-state index contributed by atoms with van der Waals surface area (Å²) >= 11 is 0. The highest BCUT2D eigenvalue weighted by atomic mass is 16.1. The lowest BCUT2D eigenvalue weighted by molar-refractivity contribution is 0.259. The van der Waals surface area contributed by atoms with E-state index in [9.17, 15) is 4.79 Å². The molecule has 2 heterocycles. The van der Waals surface area contributed by atoms with Gasteiger partial charge in [0, 0.05) is 24.7 Å². The maximum absolute atomic E-state index is 11.8. The molecular weight excluding hydrogens is 188 g/mol. The van der Waals surface area contributed by atoms with E-state index in [0.29, 0.717) is 0 Å². The molecule has 0 amide bonds. The molecule has 0 aromatic carbocycles. The van der Waals surface area contributed by atoms with E-state index >= 15 is 0 Å². The van der Waals surface area contributed by atoms with E-state index in [4.69, 9.17) is 0 Å². The lowest BCUT2D eigenvalue weighted by Gasteiger charge is -2.31. The Morgan fingerprint density at radius 3 is 2.93 bits per heavy atom. The molecule has 0 saturated heterocycles. The van der Waals surface area contributed by atoms with Gasteiger partial charge in [-0.15, -0.1) is 0 Å². The van der Waals surface area contributed by atoms with Crippen LogP contribution in [0.3, 0.4) is 0 Å². The predicted octanol–water partition coefficient (Wildman–Crippen LogP) is 1.78. The van der Waals surface area contributed by atoms with Crippen LogP contribution in [-0.4, -0.2) is 9.55 Å². The van der Waals surface area contributed by atoms with Crippen LogP contribution in [0.5, 0.6) is 0 Å². The van der Waals surface area contributed by atoms with E-state index in [1.165, 1.54) is 0 Å². The van der Waals surface area contributed by atoms with Crippen molar-refractivity contribution in [3.63, 3.8) is 0 Å². The molecule has 2 rings (SSSR count). The van der Waals surface area contributed by atoms with E-state index in [0.717, 1.165) is 37.3 Å². The first-order chi connectivity index (χ1) is 7.02. The molecule has 1 aromatic heterocycles. The van der Waals surface area contributed by atoms with Crippen molar-refractivity contribution in [1.82, 2.24) is 9.55 Å². The van der Waals surface area contributed by atoms with E-state index < -0.39 is 0 Å². The van der Waals surface area contributed by atoms with E-state index in [2.05, 4.69) is 18.8 Å². The van der Waals surface area contributed by atoms with Crippen molar-refractivity contribution in [2.45, 2.75) is 46.6 Å². The summed E-state index contributed by atoms with van der Waals surface area (Å²) in [4.78, 5) is 16.3. The smallest absolute Gasteiger partial charge is 0.253 e. The zero-order valence-electron chi connectivity index (χ0n) is 9.71. The fraction of sp³-hybridized carbons (Fsp3) is 0.667. The second-order valence-corrected chi connectivity index (χ2v) is 5.10. The quantitative estimate of drug-likeness (QED) is 0.702. The van der Waals surface area contributed by atoms with Crippen LogP contribution >= 0.6 is 0 Å². The van der Waals surface area contributed by atoms with Crippen molar-refractivity contribution < 1.29 is 0 Å². The Labute approximate surface area is 90.2 Å². The number of hydrogen-bond donors (Lipinski definition) is 0. The largest absolute Gasteiger partial charge is 0.297 e. The first-order valence-electron chi connectivity index (χ1n) is 5.61. The Hall–Kier alpha value is -1.12. The van der Waals surface area contributed by atoms with Crippen LogP contribution in [0.15, 0.2) is 10.9 Å². The van der Waals surface area contributed by atoms with Gasteiger partial charge in [-0.2, -0.15) is 0 Å². The molecule has 82 valence electrons. The Morgan fingerprint density at radius 1 is 1.53 bits per heavy atom. The van der Waals surface area contributed by atoms with Crippen LogP contribution in [0, 0.1) is 5.41 Å². The summed E-state index contributed by atoms with van der Waals surface area (Å²) in [6.07, 6.45) is 2.81.